The van der Waals surface area contributed by atoms with Gasteiger partial charge in [-0.2, -0.15) is 13.2 Å². The molecule has 0 radical (unpaired) electrons. The van der Waals surface area contributed by atoms with Crippen molar-refractivity contribution >= 4 is 5.95 Å². The van der Waals surface area contributed by atoms with Gasteiger partial charge < -0.3 is 10.0 Å². The van der Waals surface area contributed by atoms with E-state index in [0.29, 0.717) is 19.0 Å². The number of piperazine rings is 1. The van der Waals surface area contributed by atoms with E-state index in [1.807, 2.05) is 4.90 Å². The number of rotatable bonds is 3. The highest BCUT2D eigenvalue weighted by atomic mass is 19.4. The summed E-state index contributed by atoms with van der Waals surface area (Å²) in [7, 11) is 0. The second-order valence-electron chi connectivity index (χ2n) is 6.69. The minimum Gasteiger partial charge on any atom is -0.394 e. The predicted molar refractivity (Wildman–Crippen MR) is 83.7 cm³/mol. The van der Waals surface area contributed by atoms with E-state index in [4.69, 9.17) is 0 Å². The third kappa shape index (κ3) is 3.49. The standard InChI is InChI=1S/C16H23F3N4O/c17-16(18,19)13-10-20-14(21-11-13)22-6-8-23(9-7-22)15(12-24)4-2-1-3-5-15/h10-11,24H,1-9,12H2. The number of aliphatic hydroxyl groups excluding tert-OH is 1. The largest absolute Gasteiger partial charge is 0.419 e. The van der Waals surface area contributed by atoms with Crippen LogP contribution in [0.2, 0.25) is 0 Å². The third-order valence-electron chi connectivity index (χ3n) is 5.28. The smallest absolute Gasteiger partial charge is 0.394 e. The van der Waals surface area contributed by atoms with Crippen LogP contribution in [0.5, 0.6) is 0 Å². The molecular formula is C16H23F3N4O. The molecular weight excluding hydrogens is 321 g/mol. The van der Waals surface area contributed by atoms with Gasteiger partial charge in [-0.1, -0.05) is 19.3 Å². The summed E-state index contributed by atoms with van der Waals surface area (Å²) >= 11 is 0. The van der Waals surface area contributed by atoms with Crippen LogP contribution in [0, 0.1) is 0 Å². The van der Waals surface area contributed by atoms with E-state index in [1.165, 1.54) is 6.42 Å². The van der Waals surface area contributed by atoms with Gasteiger partial charge in [0.2, 0.25) is 5.95 Å². The van der Waals surface area contributed by atoms with E-state index in [0.717, 1.165) is 51.2 Å². The van der Waals surface area contributed by atoms with Crippen molar-refractivity contribution in [1.82, 2.24) is 14.9 Å². The minimum atomic E-state index is -4.41. The Bertz CT molecular complexity index is 535. The first-order chi connectivity index (χ1) is 11.4. The van der Waals surface area contributed by atoms with Crippen LogP contribution in [0.4, 0.5) is 19.1 Å². The number of alkyl halides is 3. The average molecular weight is 344 g/mol. The Hall–Kier alpha value is -1.41. The molecule has 1 saturated carbocycles. The van der Waals surface area contributed by atoms with Crippen LogP contribution < -0.4 is 4.90 Å². The van der Waals surface area contributed by atoms with Crippen LogP contribution >= 0.6 is 0 Å². The van der Waals surface area contributed by atoms with Gasteiger partial charge in [0, 0.05) is 44.1 Å². The second-order valence-corrected chi connectivity index (χ2v) is 6.69. The van der Waals surface area contributed by atoms with Crippen molar-refractivity contribution < 1.29 is 18.3 Å². The second kappa shape index (κ2) is 6.84. The summed E-state index contributed by atoms with van der Waals surface area (Å²) in [6, 6.07) is 0. The quantitative estimate of drug-likeness (QED) is 0.912. The first-order valence-corrected chi connectivity index (χ1v) is 8.45. The molecule has 3 rings (SSSR count). The zero-order chi connectivity index (χ0) is 17.2. The highest BCUT2D eigenvalue weighted by Gasteiger charge is 2.39. The molecule has 1 aromatic rings. The Balaban J connectivity index is 1.62. The van der Waals surface area contributed by atoms with Gasteiger partial charge in [0.05, 0.1) is 12.2 Å². The molecule has 1 saturated heterocycles. The molecule has 0 amide bonds. The Labute approximate surface area is 139 Å². The Morgan fingerprint density at radius 3 is 2.08 bits per heavy atom. The van der Waals surface area contributed by atoms with Crippen molar-refractivity contribution in [3.05, 3.63) is 18.0 Å². The van der Waals surface area contributed by atoms with Crippen molar-refractivity contribution in [3.8, 4) is 0 Å². The zero-order valence-corrected chi connectivity index (χ0v) is 13.6. The molecule has 0 atom stereocenters. The maximum Gasteiger partial charge on any atom is 0.419 e. The molecule has 2 heterocycles. The van der Waals surface area contributed by atoms with Gasteiger partial charge in [0.25, 0.3) is 0 Å². The lowest BCUT2D eigenvalue weighted by molar-refractivity contribution is -0.138. The third-order valence-corrected chi connectivity index (χ3v) is 5.28. The summed E-state index contributed by atoms with van der Waals surface area (Å²) in [4.78, 5) is 12.0. The lowest BCUT2D eigenvalue weighted by Crippen LogP contribution is -2.59. The maximum absolute atomic E-state index is 12.6. The van der Waals surface area contributed by atoms with Crippen LogP contribution in [0.3, 0.4) is 0 Å². The van der Waals surface area contributed by atoms with Crippen LogP contribution in [-0.2, 0) is 6.18 Å². The van der Waals surface area contributed by atoms with Gasteiger partial charge in [-0.05, 0) is 12.8 Å². The Kier molecular flexibility index (Phi) is 4.96. The molecule has 24 heavy (non-hydrogen) atoms. The van der Waals surface area contributed by atoms with Crippen molar-refractivity contribution in [3.63, 3.8) is 0 Å². The summed E-state index contributed by atoms with van der Waals surface area (Å²) < 4.78 is 37.7. The van der Waals surface area contributed by atoms with E-state index < -0.39 is 11.7 Å². The summed E-state index contributed by atoms with van der Waals surface area (Å²) in [5.74, 6) is 0.337. The monoisotopic (exact) mass is 344 g/mol. The van der Waals surface area contributed by atoms with Crippen molar-refractivity contribution in [2.24, 2.45) is 0 Å². The molecule has 0 aromatic carbocycles. The Morgan fingerprint density at radius 1 is 1.00 bits per heavy atom. The van der Waals surface area contributed by atoms with E-state index >= 15 is 0 Å². The maximum atomic E-state index is 12.6. The number of hydrogen-bond donors (Lipinski definition) is 1. The molecule has 1 N–H and O–H groups in total. The van der Waals surface area contributed by atoms with Crippen LogP contribution in [0.15, 0.2) is 12.4 Å². The first-order valence-electron chi connectivity index (χ1n) is 8.45. The topological polar surface area (TPSA) is 52.5 Å². The SMILES string of the molecule is OCC1(N2CCN(c3ncc(C(F)(F)F)cn3)CC2)CCCCC1. The number of aromatic nitrogens is 2. The fourth-order valence-corrected chi connectivity index (χ4v) is 3.80. The first kappa shape index (κ1) is 17.4. The lowest BCUT2D eigenvalue weighted by atomic mass is 9.80. The molecule has 1 aromatic heterocycles. The van der Waals surface area contributed by atoms with Crippen LogP contribution in [-0.4, -0.2) is 58.3 Å². The van der Waals surface area contributed by atoms with Gasteiger partial charge in [-0.3, -0.25) is 4.90 Å². The number of aliphatic hydroxyl groups is 1. The highest BCUT2D eigenvalue weighted by molar-refractivity contribution is 5.31. The fraction of sp³-hybridized carbons (Fsp3) is 0.750. The number of anilines is 1. The predicted octanol–water partition coefficient (Wildman–Crippen LogP) is 2.31. The van der Waals surface area contributed by atoms with E-state index in [2.05, 4.69) is 14.9 Å². The number of halogens is 3. The Morgan fingerprint density at radius 2 is 1.58 bits per heavy atom. The molecule has 134 valence electrons. The summed E-state index contributed by atoms with van der Waals surface area (Å²) in [6.45, 7) is 3.03. The molecule has 2 fully saturated rings. The lowest BCUT2D eigenvalue weighted by Gasteiger charge is -2.49. The van der Waals surface area contributed by atoms with E-state index in [9.17, 15) is 18.3 Å². The molecule has 5 nitrogen and oxygen atoms in total. The van der Waals surface area contributed by atoms with Crippen molar-refractivity contribution in [2.75, 3.05) is 37.7 Å². The van der Waals surface area contributed by atoms with Crippen molar-refractivity contribution in [2.45, 2.75) is 43.8 Å². The van der Waals surface area contributed by atoms with E-state index in [-0.39, 0.29) is 12.1 Å². The molecule has 0 spiro atoms. The fourth-order valence-electron chi connectivity index (χ4n) is 3.80. The molecule has 2 aliphatic rings. The van der Waals surface area contributed by atoms with Gasteiger partial charge in [-0.25, -0.2) is 9.97 Å². The highest BCUT2D eigenvalue weighted by Crippen LogP contribution is 2.34. The molecule has 0 unspecified atom stereocenters. The van der Waals surface area contributed by atoms with Crippen molar-refractivity contribution in [1.29, 1.82) is 0 Å². The number of nitrogens with zero attached hydrogens (tertiary/aromatic N) is 4. The van der Waals surface area contributed by atoms with Gasteiger partial charge in [-0.15, -0.1) is 0 Å². The van der Waals surface area contributed by atoms with Crippen LogP contribution in [0.25, 0.3) is 0 Å². The molecule has 8 heteroatoms. The van der Waals surface area contributed by atoms with Gasteiger partial charge in [0.15, 0.2) is 0 Å². The average Bonchev–Trinajstić information content (AvgIpc) is 2.62. The molecule has 1 aliphatic heterocycles. The zero-order valence-electron chi connectivity index (χ0n) is 13.6. The molecule has 0 bridgehead atoms. The van der Waals surface area contributed by atoms with Crippen LogP contribution in [0.1, 0.15) is 37.7 Å². The normalized spacial score (nSPS) is 22.6. The summed E-state index contributed by atoms with van der Waals surface area (Å²) in [6.07, 6.45) is 2.80. The number of hydrogen-bond acceptors (Lipinski definition) is 5. The van der Waals surface area contributed by atoms with Gasteiger partial charge >= 0.3 is 6.18 Å². The summed E-state index contributed by atoms with van der Waals surface area (Å²) in [5.41, 5.74) is -0.947. The molecule has 1 aliphatic carbocycles. The minimum absolute atomic E-state index is 0.120. The summed E-state index contributed by atoms with van der Waals surface area (Å²) in [5, 5.41) is 9.90. The van der Waals surface area contributed by atoms with E-state index in [1.54, 1.807) is 0 Å². The van der Waals surface area contributed by atoms with Gasteiger partial charge in [0.1, 0.15) is 0 Å².